The van der Waals surface area contributed by atoms with E-state index in [0.29, 0.717) is 0 Å². The summed E-state index contributed by atoms with van der Waals surface area (Å²) in [6, 6.07) is 32.3. The molecule has 0 spiro atoms. The minimum atomic E-state index is 0.718. The summed E-state index contributed by atoms with van der Waals surface area (Å²) in [6.07, 6.45) is 27.7. The molecule has 113 heavy (non-hydrogen) atoms. The number of nitrogens with one attached hydrogen (secondary N) is 2. The Bertz CT molecular complexity index is 2540. The average Bonchev–Trinajstić information content (AvgIpc) is 1.75. The molecule has 13 aromatic heterocycles. The first kappa shape index (κ1) is 137. The molecule has 0 atom stereocenters. The van der Waals surface area contributed by atoms with Gasteiger partial charge in [0, 0.05) is 89.3 Å². The third kappa shape index (κ3) is 130. The lowest BCUT2D eigenvalue weighted by atomic mass is 10.2. The first-order chi connectivity index (χ1) is 55.0. The Labute approximate surface area is 715 Å². The van der Waals surface area contributed by atoms with Gasteiger partial charge in [0.15, 0.2) is 18.7 Å². The van der Waals surface area contributed by atoms with Crippen LogP contribution in [-0.4, -0.2) is 44.4 Å². The number of hydrogen-bond donors (Lipinski definition) is 2. The van der Waals surface area contributed by atoms with Gasteiger partial charge in [-0.3, -0.25) is 15.0 Å². The van der Waals surface area contributed by atoms with Gasteiger partial charge < -0.3 is 36.6 Å². The van der Waals surface area contributed by atoms with Gasteiger partial charge in [0.05, 0.1) is 52.9 Å². The van der Waals surface area contributed by atoms with Gasteiger partial charge in [0.25, 0.3) is 0 Å². The van der Waals surface area contributed by atoms with Gasteiger partial charge in [0.1, 0.15) is 24.0 Å². The van der Waals surface area contributed by atoms with Crippen molar-refractivity contribution in [1.82, 2.24) is 44.4 Å². The van der Waals surface area contributed by atoms with Crippen LogP contribution in [0.15, 0.2) is 257 Å². The summed E-state index contributed by atoms with van der Waals surface area (Å²) in [5.41, 5.74) is 12.1. The summed E-state index contributed by atoms with van der Waals surface area (Å²) in [6.45, 7) is 81.8. The fraction of sp³-hybridized carbons (Fsp3) is 0.447. The van der Waals surface area contributed by atoms with Crippen molar-refractivity contribution in [2.45, 2.75) is 284 Å². The second kappa shape index (κ2) is 133. The second-order valence-corrected chi connectivity index (χ2v) is 22.2. The summed E-state index contributed by atoms with van der Waals surface area (Å²) in [5.74, 6) is 2.54. The fourth-order valence-electron chi connectivity index (χ4n) is 4.86. The molecule has 13 heterocycles. The van der Waals surface area contributed by atoms with Gasteiger partial charge in [-0.2, -0.15) is 11.3 Å². The van der Waals surface area contributed by atoms with E-state index in [4.69, 9.17) is 17.7 Å². The summed E-state index contributed by atoms with van der Waals surface area (Å²) >= 11 is 8.48. The molecule has 0 radical (unpaired) electrons. The molecule has 0 saturated heterocycles. The molecule has 14 nitrogen and oxygen atoms in total. The number of nitrogens with zero attached hydrogens (tertiary/aromatic N) is 7. The van der Waals surface area contributed by atoms with Crippen molar-refractivity contribution < 1.29 is 22.1 Å². The lowest BCUT2D eigenvalue weighted by molar-refractivity contribution is 0.521. The van der Waals surface area contributed by atoms with E-state index < -0.39 is 0 Å². The van der Waals surface area contributed by atoms with Crippen LogP contribution in [0.4, 0.5) is 0 Å². The molecule has 0 bridgehead atoms. The maximum atomic E-state index is 4.83. The fourth-order valence-corrected chi connectivity index (χ4v) is 7.45. The molecule has 0 aliphatic heterocycles. The predicted molar refractivity (Wildman–Crippen MR) is 516 cm³/mol. The number of thiophene rings is 2. The molecule has 0 fully saturated rings. The number of aromatic nitrogens is 9. The number of benzene rings is 1. The quantitative estimate of drug-likeness (QED) is 0.148. The van der Waals surface area contributed by atoms with E-state index in [1.54, 1.807) is 114 Å². The van der Waals surface area contributed by atoms with Crippen molar-refractivity contribution >= 4 is 56.7 Å². The minimum Gasteiger partial charge on any atom is -0.472 e. The van der Waals surface area contributed by atoms with Gasteiger partial charge >= 0.3 is 0 Å². The second-order valence-electron chi connectivity index (χ2n) is 17.4. The lowest BCUT2D eigenvalue weighted by Gasteiger charge is -1.82. The van der Waals surface area contributed by atoms with Crippen LogP contribution < -0.4 is 0 Å². The van der Waals surface area contributed by atoms with Crippen LogP contribution in [0.1, 0.15) is 265 Å². The van der Waals surface area contributed by atoms with Crippen molar-refractivity contribution in [3.8, 4) is 0 Å². The largest absolute Gasteiger partial charge is 0.472 e. The van der Waals surface area contributed by atoms with Crippen LogP contribution in [0.3, 0.4) is 0 Å². The molecule has 0 aliphatic rings. The zero-order valence-corrected chi connectivity index (χ0v) is 83.3. The summed E-state index contributed by atoms with van der Waals surface area (Å²) in [5, 5.41) is 11.4. The lowest BCUT2D eigenvalue weighted by Crippen LogP contribution is -1.75. The van der Waals surface area contributed by atoms with Crippen LogP contribution in [-0.2, 0) is 7.05 Å². The number of thiazole rings is 3. The molecule has 0 unspecified atom stereocenters. The molecule has 0 aliphatic carbocycles. The minimum absolute atomic E-state index is 0.718. The van der Waals surface area contributed by atoms with Gasteiger partial charge in [-0.25, -0.2) is 15.0 Å². The third-order valence-electron chi connectivity index (χ3n) is 9.19. The molecular formula is C94H167N9O5S5. The molecule has 19 heteroatoms. The molecule has 1 aromatic carbocycles. The van der Waals surface area contributed by atoms with E-state index in [1.807, 2.05) is 387 Å². The van der Waals surface area contributed by atoms with Gasteiger partial charge in [0.2, 0.25) is 0 Å². The van der Waals surface area contributed by atoms with Crippen molar-refractivity contribution in [3.05, 3.63) is 306 Å². The standard InChI is InChI=1S/C7H8.3C5H7N.2C5H6O.2C5H6S.3C4H5NO.3C4H5NS.14C2H6/c1-7-5-3-2-4-6-7;1-5-2-3-6-4-5;1-6-4-2-3-5-6;1-5-3-2-4-6-5;1-5-2-3-6-4-5;1-5-3-2-4-6-5;1-5-2-3-6-4-5;1-5-3-2-4-6-5;1-4-2-6-3-5-4;1-4-2-5-3-6-4;1-4-5-2-3-6-4;1-4-2-6-3-5-4;1-4-2-5-3-6-4;1-4-5-2-3-6-4;14*1-2/h2-6H,1H3;2-4,6H,1H3;2-5H,1H3;2-4,6H,1H3;4*2-4H,1H3;6*2-3H,1H3;14*1-2H3. The summed E-state index contributed by atoms with van der Waals surface area (Å²) in [7, 11) is 2.00. The van der Waals surface area contributed by atoms with Crippen LogP contribution in [0.2, 0.25) is 0 Å². The van der Waals surface area contributed by atoms with Crippen molar-refractivity contribution in [3.63, 3.8) is 0 Å². The van der Waals surface area contributed by atoms with E-state index >= 15 is 0 Å². The molecule has 14 rings (SSSR count). The number of furan rings is 2. The van der Waals surface area contributed by atoms with Crippen LogP contribution >= 0.6 is 56.7 Å². The number of rotatable bonds is 0. The van der Waals surface area contributed by atoms with Crippen molar-refractivity contribution in [2.24, 2.45) is 7.05 Å². The van der Waals surface area contributed by atoms with Crippen LogP contribution in [0.5, 0.6) is 0 Å². The Balaban J connectivity index is -0.0000000760. The molecular weight excluding hydrogens is 1500 g/mol. The highest BCUT2D eigenvalue weighted by molar-refractivity contribution is 7.10. The Hall–Kier alpha value is -8.46. The van der Waals surface area contributed by atoms with Crippen LogP contribution in [0, 0.1) is 90.0 Å². The first-order valence-corrected chi connectivity index (χ1v) is 44.9. The van der Waals surface area contributed by atoms with E-state index in [2.05, 4.69) is 118 Å². The summed E-state index contributed by atoms with van der Waals surface area (Å²) < 4.78 is 25.6. The maximum absolute atomic E-state index is 4.83. The topological polar surface area (TPSA) is 180 Å². The van der Waals surface area contributed by atoms with E-state index in [0.717, 1.165) is 33.8 Å². The number of aryl methyl sites for hydroxylation is 14. The first-order valence-electron chi connectivity index (χ1n) is 40.4. The molecule has 648 valence electrons. The maximum Gasteiger partial charge on any atom is 0.190 e. The predicted octanol–water partition coefficient (Wildman–Crippen LogP) is 34.6. The number of hydrogen-bond acceptors (Lipinski definition) is 16. The van der Waals surface area contributed by atoms with E-state index in [1.165, 1.54) is 50.5 Å². The molecule has 0 saturated carbocycles. The van der Waals surface area contributed by atoms with Gasteiger partial charge in [-0.05, 0) is 177 Å². The number of H-pyrrole nitrogens is 2. The Morgan fingerprint density at radius 2 is 0.947 bits per heavy atom. The Kier molecular flexibility index (Phi) is 161. The van der Waals surface area contributed by atoms with Crippen molar-refractivity contribution in [1.29, 1.82) is 0 Å². The molecule has 0 amide bonds. The normalized spacial score (nSPS) is 7.38. The Morgan fingerprint density at radius 3 is 1.08 bits per heavy atom. The number of oxazole rings is 3. The van der Waals surface area contributed by atoms with Crippen LogP contribution in [0.25, 0.3) is 0 Å². The highest BCUT2D eigenvalue weighted by atomic mass is 32.1. The Morgan fingerprint density at radius 1 is 0.354 bits per heavy atom. The monoisotopic (exact) mass is 1660 g/mol. The molecule has 14 aromatic rings. The smallest absolute Gasteiger partial charge is 0.190 e. The van der Waals surface area contributed by atoms with E-state index in [9.17, 15) is 0 Å². The highest BCUT2D eigenvalue weighted by Gasteiger charge is 1.83. The summed E-state index contributed by atoms with van der Waals surface area (Å²) in [4.78, 5) is 31.5. The molecule has 2 N–H and O–H groups in total. The number of aromatic amines is 2. The third-order valence-corrected chi connectivity index (χ3v) is 12.9. The van der Waals surface area contributed by atoms with Gasteiger partial charge in [-0.15, -0.1) is 45.3 Å². The van der Waals surface area contributed by atoms with Crippen molar-refractivity contribution in [2.75, 3.05) is 0 Å². The average molecular weight is 1660 g/mol. The highest BCUT2D eigenvalue weighted by Crippen LogP contribution is 2.05. The van der Waals surface area contributed by atoms with E-state index in [-0.39, 0.29) is 0 Å². The SMILES string of the molecule is CC.CC.CC.CC.CC.CC.CC.CC.CC.CC.CC.CC.CC.CC.Cc1cc[nH]c1.Cc1ccc[nH]1.Cc1ccccc1.Cc1ccco1.Cc1cccs1.Cc1ccoc1.Cc1ccsc1.Cc1cnco1.Cc1cncs1.Cc1cocn1.Cc1cscn1.Cc1ncco1.Cc1nccs1.Cn1cccc1. The zero-order valence-electron chi connectivity index (χ0n) is 79.2. The zero-order chi connectivity index (χ0) is 90.4. The van der Waals surface area contributed by atoms with Gasteiger partial charge in [-0.1, -0.05) is 236 Å².